The van der Waals surface area contributed by atoms with Crippen molar-refractivity contribution in [2.45, 2.75) is 101 Å². The van der Waals surface area contributed by atoms with Crippen LogP contribution in [0.3, 0.4) is 0 Å². The first-order chi connectivity index (χ1) is 27.3. The molecule has 4 aliphatic rings. The SMILES string of the molecule is CC1(C)C(=O)N(c2ccc(C#N)c(C(F)(F)F)c2)C(=S)N1C1CCC(CCCN2CCN(CC(=O)Nc3ccc(C4CCC(=O)NC4=O)nc3)C(C(F)(F)F)C2)CC1.Cl. The molecule has 320 valence electrons. The predicted molar refractivity (Wildman–Crippen MR) is 210 cm³/mol. The van der Waals surface area contributed by atoms with E-state index in [-0.39, 0.29) is 60.4 Å². The van der Waals surface area contributed by atoms with Crippen molar-refractivity contribution in [2.24, 2.45) is 5.92 Å². The molecule has 0 spiro atoms. The zero-order chi connectivity index (χ0) is 42.2. The van der Waals surface area contributed by atoms with E-state index in [1.807, 2.05) is 0 Å². The van der Waals surface area contributed by atoms with Crippen LogP contribution >= 0.6 is 24.6 Å². The fraction of sp³-hybridized carbons (Fsp3) is 0.564. The Morgan fingerprint density at radius 3 is 2.36 bits per heavy atom. The third-order valence-electron chi connectivity index (χ3n) is 11.6. The molecule has 20 heteroatoms. The Labute approximate surface area is 349 Å². The molecule has 4 amide bonds. The minimum absolute atomic E-state index is 0. The second-order valence-electron chi connectivity index (χ2n) is 15.9. The van der Waals surface area contributed by atoms with Crippen molar-refractivity contribution in [2.75, 3.05) is 42.9 Å². The number of nitrogens with one attached hydrogen (secondary N) is 2. The average molecular weight is 871 g/mol. The number of nitrogens with zero attached hydrogens (tertiary/aromatic N) is 6. The molecule has 1 aromatic carbocycles. The van der Waals surface area contributed by atoms with Gasteiger partial charge in [-0.2, -0.15) is 31.6 Å². The van der Waals surface area contributed by atoms with Gasteiger partial charge in [-0.1, -0.05) is 0 Å². The number of thiocarbonyl (C=S) groups is 1. The summed E-state index contributed by atoms with van der Waals surface area (Å²) in [5, 5.41) is 14.1. The number of rotatable bonds is 10. The number of carbonyl (C=O) groups excluding carboxylic acids is 4. The molecule has 1 saturated carbocycles. The highest BCUT2D eigenvalue weighted by molar-refractivity contribution is 7.80. The molecule has 4 fully saturated rings. The Bertz CT molecular complexity index is 1970. The van der Waals surface area contributed by atoms with Crippen LogP contribution in [0.1, 0.15) is 88.0 Å². The largest absolute Gasteiger partial charge is 0.417 e. The van der Waals surface area contributed by atoms with Crippen LogP contribution in [0.4, 0.5) is 37.7 Å². The molecule has 2 N–H and O–H groups in total. The van der Waals surface area contributed by atoms with Crippen LogP contribution in [0.2, 0.25) is 0 Å². The highest BCUT2D eigenvalue weighted by Gasteiger charge is 2.53. The van der Waals surface area contributed by atoms with E-state index in [9.17, 15) is 50.8 Å². The van der Waals surface area contributed by atoms with Crippen LogP contribution in [0.25, 0.3) is 0 Å². The summed E-state index contributed by atoms with van der Waals surface area (Å²) in [5.74, 6) is -2.22. The lowest BCUT2D eigenvalue weighted by molar-refractivity contribution is -0.197. The summed E-state index contributed by atoms with van der Waals surface area (Å²) in [7, 11) is 0. The van der Waals surface area contributed by atoms with E-state index in [4.69, 9.17) is 12.2 Å². The van der Waals surface area contributed by atoms with Crippen molar-refractivity contribution < 1.29 is 45.5 Å². The van der Waals surface area contributed by atoms with E-state index in [0.717, 1.165) is 41.2 Å². The summed E-state index contributed by atoms with van der Waals surface area (Å²) in [4.78, 5) is 60.0. The Kier molecular flexibility index (Phi) is 14.0. The summed E-state index contributed by atoms with van der Waals surface area (Å²) >= 11 is 5.70. The van der Waals surface area contributed by atoms with Gasteiger partial charge in [0.25, 0.3) is 5.91 Å². The third kappa shape index (κ3) is 10.2. The molecular formula is C39H45ClF6N8O4S. The molecule has 2 aromatic rings. The van der Waals surface area contributed by atoms with Crippen molar-refractivity contribution in [3.63, 3.8) is 0 Å². The standard InChI is InChI=1S/C39H44F6N8O4S.ClH/c1-37(2)35(57)52(27-11-7-24(19-46)29(18-27)38(40,41)42)36(58)53(37)26-9-5-23(6-10-26)4-3-15-50-16-17-51(31(21-50)39(43,44)45)22-33(55)48-25-8-13-30(47-20-25)28-12-14-32(54)49-34(28)56;/h7-8,11,13,18,20,23,26,28,31H,3-6,9-10,12,14-17,21-22H2,1-2H3,(H,48,55)(H,49,54,56);1H. The number of amides is 4. The normalized spacial score (nSPS) is 24.4. The zero-order valence-electron chi connectivity index (χ0n) is 32.4. The first-order valence-electron chi connectivity index (χ1n) is 19.2. The number of alkyl halides is 6. The second-order valence-corrected chi connectivity index (χ2v) is 16.2. The Hall–Kier alpha value is -4.38. The van der Waals surface area contributed by atoms with Gasteiger partial charge in [0.15, 0.2) is 5.11 Å². The van der Waals surface area contributed by atoms with Gasteiger partial charge in [-0.15, -0.1) is 12.4 Å². The fourth-order valence-electron chi connectivity index (χ4n) is 8.58. The molecule has 4 heterocycles. The molecule has 1 aliphatic carbocycles. The summed E-state index contributed by atoms with van der Waals surface area (Å²) in [5.41, 5.74) is -2.20. The lowest BCUT2D eigenvalue weighted by atomic mass is 9.82. The fourth-order valence-corrected chi connectivity index (χ4v) is 9.14. The van der Waals surface area contributed by atoms with Crippen molar-refractivity contribution in [1.82, 2.24) is 25.0 Å². The van der Waals surface area contributed by atoms with Crippen molar-refractivity contribution in [3.8, 4) is 6.07 Å². The molecule has 1 aromatic heterocycles. The first-order valence-corrected chi connectivity index (χ1v) is 19.6. The molecule has 2 atom stereocenters. The van der Waals surface area contributed by atoms with Crippen LogP contribution in [0.15, 0.2) is 36.5 Å². The smallest absolute Gasteiger partial charge is 0.331 e. The minimum atomic E-state index is -4.80. The summed E-state index contributed by atoms with van der Waals surface area (Å²) in [6, 6.07) is 5.72. The number of benzene rings is 1. The molecule has 3 aliphatic heterocycles. The van der Waals surface area contributed by atoms with Gasteiger partial charge in [0.1, 0.15) is 11.6 Å². The van der Waals surface area contributed by atoms with E-state index in [1.54, 1.807) is 35.8 Å². The maximum Gasteiger partial charge on any atom is 0.417 e. The second kappa shape index (κ2) is 18.1. The average Bonchev–Trinajstić information content (AvgIpc) is 3.33. The van der Waals surface area contributed by atoms with E-state index < -0.39 is 65.2 Å². The molecule has 2 unspecified atom stereocenters. The van der Waals surface area contributed by atoms with Gasteiger partial charge < -0.3 is 15.1 Å². The monoisotopic (exact) mass is 870 g/mol. The van der Waals surface area contributed by atoms with Crippen molar-refractivity contribution in [3.05, 3.63) is 53.3 Å². The van der Waals surface area contributed by atoms with Crippen LogP contribution in [-0.2, 0) is 25.4 Å². The number of carbonyl (C=O) groups is 4. The molecule has 0 bridgehead atoms. The summed E-state index contributed by atoms with van der Waals surface area (Å²) in [6.45, 7) is 3.47. The van der Waals surface area contributed by atoms with Crippen LogP contribution in [0.5, 0.6) is 0 Å². The van der Waals surface area contributed by atoms with E-state index >= 15 is 0 Å². The van der Waals surface area contributed by atoms with Gasteiger partial charge in [0.05, 0.1) is 52.9 Å². The molecule has 12 nitrogen and oxygen atoms in total. The number of pyridine rings is 1. The molecule has 6 rings (SSSR count). The van der Waals surface area contributed by atoms with Crippen molar-refractivity contribution >= 4 is 64.7 Å². The highest BCUT2D eigenvalue weighted by atomic mass is 35.5. The number of imide groups is 1. The molecular weight excluding hydrogens is 826 g/mol. The number of halogens is 7. The zero-order valence-corrected chi connectivity index (χ0v) is 34.0. The Balaban J connectivity index is 0.00000661. The van der Waals surface area contributed by atoms with Gasteiger partial charge in [-0.25, -0.2) is 0 Å². The number of piperazine rings is 1. The van der Waals surface area contributed by atoms with E-state index in [1.165, 1.54) is 18.3 Å². The maximum atomic E-state index is 14.3. The topological polar surface area (TPSA) is 142 Å². The molecule has 0 radical (unpaired) electrons. The van der Waals surface area contributed by atoms with Gasteiger partial charge in [0, 0.05) is 32.1 Å². The predicted octanol–water partition coefficient (Wildman–Crippen LogP) is 6.15. The highest BCUT2D eigenvalue weighted by Crippen LogP contribution is 2.42. The summed E-state index contributed by atoms with van der Waals surface area (Å²) < 4.78 is 83.9. The van der Waals surface area contributed by atoms with Gasteiger partial charge in [-0.3, -0.25) is 39.3 Å². The molecule has 3 saturated heterocycles. The number of aromatic nitrogens is 1. The summed E-state index contributed by atoms with van der Waals surface area (Å²) in [6.07, 6.45) is -3.18. The van der Waals surface area contributed by atoms with Gasteiger partial charge in [-0.05, 0) is 114 Å². The van der Waals surface area contributed by atoms with Gasteiger partial charge in [0.2, 0.25) is 17.7 Å². The third-order valence-corrected chi connectivity index (χ3v) is 12.0. The number of hydrogen-bond acceptors (Lipinski definition) is 9. The van der Waals surface area contributed by atoms with Gasteiger partial charge >= 0.3 is 12.4 Å². The van der Waals surface area contributed by atoms with Crippen LogP contribution in [0, 0.1) is 17.2 Å². The van der Waals surface area contributed by atoms with Crippen LogP contribution in [-0.4, -0.2) is 105 Å². The maximum absolute atomic E-state index is 14.3. The number of hydrogen-bond donors (Lipinski definition) is 2. The number of piperidine rings is 1. The van der Waals surface area contributed by atoms with Crippen molar-refractivity contribution in [1.29, 1.82) is 5.26 Å². The molecule has 59 heavy (non-hydrogen) atoms. The quantitative estimate of drug-likeness (QED) is 0.162. The first kappa shape index (κ1) is 45.7. The van der Waals surface area contributed by atoms with Crippen LogP contribution < -0.4 is 15.5 Å². The van der Waals surface area contributed by atoms with E-state index in [2.05, 4.69) is 15.6 Å². The number of anilines is 2. The lowest BCUT2D eigenvalue weighted by Gasteiger charge is -2.42. The minimum Gasteiger partial charge on any atom is -0.331 e. The Morgan fingerprint density at radius 2 is 1.75 bits per heavy atom. The number of nitriles is 1. The lowest BCUT2D eigenvalue weighted by Crippen LogP contribution is -2.60. The van der Waals surface area contributed by atoms with E-state index in [0.29, 0.717) is 50.4 Å². The Morgan fingerprint density at radius 1 is 1.03 bits per heavy atom.